The van der Waals surface area contributed by atoms with Crippen molar-refractivity contribution in [1.82, 2.24) is 0 Å². The van der Waals surface area contributed by atoms with Gasteiger partial charge in [-0.3, -0.25) is 4.79 Å². The number of ether oxygens (including phenoxy) is 1. The van der Waals surface area contributed by atoms with Gasteiger partial charge in [0.25, 0.3) is 0 Å². The lowest BCUT2D eigenvalue weighted by Crippen LogP contribution is -1.99. The van der Waals surface area contributed by atoms with Crippen LogP contribution in [0.5, 0.6) is 0 Å². The molecular formula is C15H28O2. The van der Waals surface area contributed by atoms with Crippen molar-refractivity contribution < 1.29 is 9.53 Å². The Morgan fingerprint density at radius 2 is 1.53 bits per heavy atom. The van der Waals surface area contributed by atoms with E-state index in [0.717, 1.165) is 12.8 Å². The zero-order chi connectivity index (χ0) is 12.8. The summed E-state index contributed by atoms with van der Waals surface area (Å²) in [5.74, 6) is -0.162. The topological polar surface area (TPSA) is 26.3 Å². The summed E-state index contributed by atoms with van der Waals surface area (Å²) in [7, 11) is 0. The van der Waals surface area contributed by atoms with Crippen molar-refractivity contribution in [3.05, 3.63) is 12.2 Å². The maximum Gasteiger partial charge on any atom is 0.302 e. The molecule has 0 saturated heterocycles. The summed E-state index contributed by atoms with van der Waals surface area (Å²) in [6.07, 6.45) is 15.7. The lowest BCUT2D eigenvalue weighted by molar-refractivity contribution is -0.141. The first-order chi connectivity index (χ1) is 8.27. The highest BCUT2D eigenvalue weighted by Gasteiger charge is 1.94. The van der Waals surface area contributed by atoms with E-state index in [-0.39, 0.29) is 5.97 Å². The molecule has 0 rings (SSSR count). The standard InChI is InChI=1S/C15H28O2/c1-3-4-5-6-7-8-9-10-11-12-13-14-17-15(2)16/h4-5H,3,6-14H2,1-2H3/b5-4-. The molecule has 2 nitrogen and oxygen atoms in total. The Kier molecular flexibility index (Phi) is 12.7. The number of hydrogen-bond acceptors (Lipinski definition) is 2. The van der Waals surface area contributed by atoms with Gasteiger partial charge >= 0.3 is 5.97 Å². The highest BCUT2D eigenvalue weighted by Crippen LogP contribution is 2.09. The average Bonchev–Trinajstić information content (AvgIpc) is 2.30. The largest absolute Gasteiger partial charge is 0.466 e. The van der Waals surface area contributed by atoms with E-state index >= 15 is 0 Å². The van der Waals surface area contributed by atoms with Crippen molar-refractivity contribution in [3.8, 4) is 0 Å². The third kappa shape index (κ3) is 15.2. The Hall–Kier alpha value is -0.790. The average molecular weight is 240 g/mol. The van der Waals surface area contributed by atoms with Gasteiger partial charge in [-0.2, -0.15) is 0 Å². The fourth-order valence-corrected chi connectivity index (χ4v) is 1.75. The molecule has 0 spiro atoms. The van der Waals surface area contributed by atoms with Gasteiger partial charge in [0, 0.05) is 6.92 Å². The second-order valence-electron chi connectivity index (χ2n) is 4.48. The summed E-state index contributed by atoms with van der Waals surface area (Å²) in [5.41, 5.74) is 0. The van der Waals surface area contributed by atoms with Crippen LogP contribution in [0.15, 0.2) is 12.2 Å². The van der Waals surface area contributed by atoms with Crippen molar-refractivity contribution in [1.29, 1.82) is 0 Å². The van der Waals surface area contributed by atoms with Gasteiger partial charge in [-0.05, 0) is 25.7 Å². The van der Waals surface area contributed by atoms with Crippen LogP contribution in [0.3, 0.4) is 0 Å². The Morgan fingerprint density at radius 1 is 0.941 bits per heavy atom. The molecule has 0 bridgehead atoms. The monoisotopic (exact) mass is 240 g/mol. The van der Waals surface area contributed by atoms with Crippen molar-refractivity contribution >= 4 is 5.97 Å². The lowest BCUT2D eigenvalue weighted by atomic mass is 10.1. The number of esters is 1. The van der Waals surface area contributed by atoms with Gasteiger partial charge < -0.3 is 4.74 Å². The van der Waals surface area contributed by atoms with Crippen LogP contribution < -0.4 is 0 Å². The molecule has 0 heterocycles. The van der Waals surface area contributed by atoms with Crippen LogP contribution in [0.4, 0.5) is 0 Å². The molecule has 2 heteroatoms. The van der Waals surface area contributed by atoms with E-state index in [1.165, 1.54) is 51.9 Å². The van der Waals surface area contributed by atoms with Crippen LogP contribution >= 0.6 is 0 Å². The van der Waals surface area contributed by atoms with Crippen LogP contribution in [0.25, 0.3) is 0 Å². The maximum absolute atomic E-state index is 10.5. The number of unbranched alkanes of at least 4 members (excludes halogenated alkanes) is 7. The summed E-state index contributed by atoms with van der Waals surface area (Å²) >= 11 is 0. The SMILES string of the molecule is CC/C=C\CCCCCCCCCOC(C)=O. The Balaban J connectivity index is 2.98. The Bertz CT molecular complexity index is 197. The van der Waals surface area contributed by atoms with Crippen LogP contribution in [0.2, 0.25) is 0 Å². The van der Waals surface area contributed by atoms with E-state index in [0.29, 0.717) is 6.61 Å². The number of hydrogen-bond donors (Lipinski definition) is 0. The van der Waals surface area contributed by atoms with Crippen LogP contribution in [-0.2, 0) is 9.53 Å². The number of rotatable bonds is 11. The maximum atomic E-state index is 10.5. The second kappa shape index (κ2) is 13.3. The molecule has 0 aliphatic heterocycles. The smallest absolute Gasteiger partial charge is 0.302 e. The molecule has 0 N–H and O–H groups in total. The molecule has 0 aromatic carbocycles. The molecule has 0 aromatic rings. The number of carbonyl (C=O) groups excluding carboxylic acids is 1. The highest BCUT2D eigenvalue weighted by molar-refractivity contribution is 5.65. The van der Waals surface area contributed by atoms with Crippen LogP contribution in [-0.4, -0.2) is 12.6 Å². The molecule has 0 fully saturated rings. The molecule has 100 valence electrons. The first-order valence-corrected chi connectivity index (χ1v) is 7.05. The predicted octanol–water partition coefficient (Wildman–Crippen LogP) is 4.64. The third-order valence-electron chi connectivity index (χ3n) is 2.72. The van der Waals surface area contributed by atoms with Crippen molar-refractivity contribution in [3.63, 3.8) is 0 Å². The summed E-state index contributed by atoms with van der Waals surface area (Å²) in [5, 5.41) is 0. The van der Waals surface area contributed by atoms with E-state index < -0.39 is 0 Å². The van der Waals surface area contributed by atoms with Crippen LogP contribution in [0, 0.1) is 0 Å². The zero-order valence-electron chi connectivity index (χ0n) is 11.5. The minimum Gasteiger partial charge on any atom is -0.466 e. The van der Waals surface area contributed by atoms with Gasteiger partial charge in [-0.15, -0.1) is 0 Å². The first-order valence-electron chi connectivity index (χ1n) is 7.05. The zero-order valence-corrected chi connectivity index (χ0v) is 11.5. The summed E-state index contributed by atoms with van der Waals surface area (Å²) < 4.78 is 4.88. The van der Waals surface area contributed by atoms with Gasteiger partial charge in [-0.1, -0.05) is 51.2 Å². The van der Waals surface area contributed by atoms with E-state index in [2.05, 4.69) is 19.1 Å². The fraction of sp³-hybridized carbons (Fsp3) is 0.800. The van der Waals surface area contributed by atoms with Crippen molar-refractivity contribution in [2.24, 2.45) is 0 Å². The highest BCUT2D eigenvalue weighted by atomic mass is 16.5. The number of carbonyl (C=O) groups is 1. The minimum absolute atomic E-state index is 0.162. The van der Waals surface area contributed by atoms with Crippen molar-refractivity contribution in [2.75, 3.05) is 6.61 Å². The minimum atomic E-state index is -0.162. The molecule has 0 aliphatic carbocycles. The molecular weight excluding hydrogens is 212 g/mol. The van der Waals surface area contributed by atoms with Gasteiger partial charge in [0.1, 0.15) is 0 Å². The van der Waals surface area contributed by atoms with Gasteiger partial charge in [0.15, 0.2) is 0 Å². The lowest BCUT2D eigenvalue weighted by Gasteiger charge is -2.02. The molecule has 0 atom stereocenters. The fourth-order valence-electron chi connectivity index (χ4n) is 1.75. The van der Waals surface area contributed by atoms with E-state index in [4.69, 9.17) is 4.74 Å². The third-order valence-corrected chi connectivity index (χ3v) is 2.72. The molecule has 0 amide bonds. The van der Waals surface area contributed by atoms with E-state index in [1.807, 2.05) is 0 Å². The quantitative estimate of drug-likeness (QED) is 0.299. The molecule has 0 aromatic heterocycles. The molecule has 0 unspecified atom stereocenters. The van der Waals surface area contributed by atoms with E-state index in [9.17, 15) is 4.79 Å². The van der Waals surface area contributed by atoms with Gasteiger partial charge in [0.05, 0.1) is 6.61 Å². The second-order valence-corrected chi connectivity index (χ2v) is 4.48. The Labute approximate surface area is 106 Å². The summed E-state index contributed by atoms with van der Waals surface area (Å²) in [6.45, 7) is 4.23. The predicted molar refractivity (Wildman–Crippen MR) is 73.0 cm³/mol. The van der Waals surface area contributed by atoms with Crippen LogP contribution in [0.1, 0.15) is 71.6 Å². The normalized spacial score (nSPS) is 10.9. The molecule has 17 heavy (non-hydrogen) atoms. The first kappa shape index (κ1) is 16.2. The molecule has 0 radical (unpaired) electrons. The van der Waals surface area contributed by atoms with Crippen molar-refractivity contribution in [2.45, 2.75) is 71.6 Å². The molecule has 0 aliphatic rings. The summed E-state index contributed by atoms with van der Waals surface area (Å²) in [4.78, 5) is 10.5. The summed E-state index contributed by atoms with van der Waals surface area (Å²) in [6, 6.07) is 0. The number of allylic oxidation sites excluding steroid dienone is 2. The van der Waals surface area contributed by atoms with Gasteiger partial charge in [0.2, 0.25) is 0 Å². The Morgan fingerprint density at radius 3 is 2.12 bits per heavy atom. The van der Waals surface area contributed by atoms with E-state index in [1.54, 1.807) is 0 Å². The molecule has 0 saturated carbocycles. The van der Waals surface area contributed by atoms with Gasteiger partial charge in [-0.25, -0.2) is 0 Å².